The van der Waals surface area contributed by atoms with Crippen LogP contribution >= 0.6 is 0 Å². The van der Waals surface area contributed by atoms with Crippen LogP contribution in [0.2, 0.25) is 0 Å². The second-order valence-electron chi connectivity index (χ2n) is 2.53. The molecule has 0 fully saturated rings. The number of anilines is 2. The first-order valence-corrected chi connectivity index (χ1v) is 3.71. The predicted octanol–water partition coefficient (Wildman–Crippen LogP) is -0.214. The van der Waals surface area contributed by atoms with Gasteiger partial charge in [0.15, 0.2) is 5.82 Å². The Morgan fingerprint density at radius 1 is 1.85 bits per heavy atom. The molecule has 1 unspecified atom stereocenters. The van der Waals surface area contributed by atoms with Crippen molar-refractivity contribution < 1.29 is 0 Å². The van der Waals surface area contributed by atoms with Gasteiger partial charge in [0.1, 0.15) is 5.69 Å². The number of terminal acetylenes is 1. The van der Waals surface area contributed by atoms with Gasteiger partial charge >= 0.3 is 0 Å². The van der Waals surface area contributed by atoms with E-state index >= 15 is 0 Å². The van der Waals surface area contributed by atoms with Crippen molar-refractivity contribution in [2.45, 2.75) is 13.0 Å². The largest absolute Gasteiger partial charge is 0.391 e. The SMILES string of the molecule is C#CC(C)Nc1nc[nH]c(=O)c1N. The van der Waals surface area contributed by atoms with Crippen molar-refractivity contribution in [3.8, 4) is 12.3 Å². The van der Waals surface area contributed by atoms with E-state index in [-0.39, 0.29) is 17.3 Å². The highest BCUT2D eigenvalue weighted by Crippen LogP contribution is 2.07. The van der Waals surface area contributed by atoms with Crippen LogP contribution in [0.15, 0.2) is 11.1 Å². The van der Waals surface area contributed by atoms with Crippen LogP contribution in [0.25, 0.3) is 0 Å². The van der Waals surface area contributed by atoms with Gasteiger partial charge in [0.2, 0.25) is 0 Å². The first-order valence-electron chi connectivity index (χ1n) is 3.71. The molecule has 5 nitrogen and oxygen atoms in total. The lowest BCUT2D eigenvalue weighted by Crippen LogP contribution is -2.20. The molecule has 0 aliphatic carbocycles. The quantitative estimate of drug-likeness (QED) is 0.547. The molecule has 1 aromatic rings. The van der Waals surface area contributed by atoms with Gasteiger partial charge < -0.3 is 16.0 Å². The van der Waals surface area contributed by atoms with Crippen molar-refractivity contribution in [3.63, 3.8) is 0 Å². The van der Waals surface area contributed by atoms with Crippen molar-refractivity contribution in [1.82, 2.24) is 9.97 Å². The lowest BCUT2D eigenvalue weighted by atomic mass is 10.3. The fourth-order valence-electron chi connectivity index (χ4n) is 0.772. The summed E-state index contributed by atoms with van der Waals surface area (Å²) in [4.78, 5) is 17.2. The summed E-state index contributed by atoms with van der Waals surface area (Å²) >= 11 is 0. The molecule has 0 amide bonds. The molecule has 0 radical (unpaired) electrons. The van der Waals surface area contributed by atoms with Gasteiger partial charge in [-0.15, -0.1) is 6.42 Å². The van der Waals surface area contributed by atoms with Gasteiger partial charge in [-0.1, -0.05) is 5.92 Å². The Morgan fingerprint density at radius 3 is 3.15 bits per heavy atom. The summed E-state index contributed by atoms with van der Waals surface area (Å²) in [5.41, 5.74) is 5.12. The topological polar surface area (TPSA) is 83.8 Å². The van der Waals surface area contributed by atoms with Crippen LogP contribution in [0.5, 0.6) is 0 Å². The molecule has 1 rings (SSSR count). The third-order valence-electron chi connectivity index (χ3n) is 1.49. The number of nitrogens with two attached hydrogens (primary N) is 1. The Bertz CT molecular complexity index is 390. The molecule has 68 valence electrons. The Labute approximate surface area is 75.4 Å². The molecule has 0 saturated heterocycles. The second-order valence-corrected chi connectivity index (χ2v) is 2.53. The molecule has 0 saturated carbocycles. The van der Waals surface area contributed by atoms with Gasteiger partial charge in [0.25, 0.3) is 5.56 Å². The van der Waals surface area contributed by atoms with Crippen molar-refractivity contribution >= 4 is 11.5 Å². The minimum Gasteiger partial charge on any atom is -0.391 e. The molecule has 1 heterocycles. The number of hydrogen-bond donors (Lipinski definition) is 3. The summed E-state index contributed by atoms with van der Waals surface area (Å²) in [6.45, 7) is 1.77. The van der Waals surface area contributed by atoms with Gasteiger partial charge in [0, 0.05) is 0 Å². The zero-order chi connectivity index (χ0) is 9.84. The zero-order valence-corrected chi connectivity index (χ0v) is 7.16. The van der Waals surface area contributed by atoms with Crippen LogP contribution in [0, 0.1) is 12.3 Å². The second kappa shape index (κ2) is 3.63. The Hall–Kier alpha value is -1.96. The van der Waals surface area contributed by atoms with Crippen molar-refractivity contribution in [2.75, 3.05) is 11.1 Å². The highest BCUT2D eigenvalue weighted by atomic mass is 16.1. The monoisotopic (exact) mass is 178 g/mol. The van der Waals surface area contributed by atoms with Crippen LogP contribution in [0.1, 0.15) is 6.92 Å². The molecule has 0 aliphatic rings. The molecule has 13 heavy (non-hydrogen) atoms. The number of aromatic amines is 1. The summed E-state index contributed by atoms with van der Waals surface area (Å²) in [7, 11) is 0. The lowest BCUT2D eigenvalue weighted by molar-refractivity contribution is 0.999. The van der Waals surface area contributed by atoms with Gasteiger partial charge in [0.05, 0.1) is 12.4 Å². The summed E-state index contributed by atoms with van der Waals surface area (Å²) in [6.07, 6.45) is 6.41. The number of hydrogen-bond acceptors (Lipinski definition) is 4. The average Bonchev–Trinajstić information content (AvgIpc) is 2.13. The van der Waals surface area contributed by atoms with E-state index in [2.05, 4.69) is 21.2 Å². The van der Waals surface area contributed by atoms with E-state index in [4.69, 9.17) is 12.2 Å². The van der Waals surface area contributed by atoms with Crippen LogP contribution in [-0.4, -0.2) is 16.0 Å². The highest BCUT2D eigenvalue weighted by molar-refractivity contribution is 5.59. The molecule has 0 bridgehead atoms. The van der Waals surface area contributed by atoms with E-state index in [0.717, 1.165) is 0 Å². The van der Waals surface area contributed by atoms with Crippen LogP contribution in [0.3, 0.4) is 0 Å². The summed E-state index contributed by atoms with van der Waals surface area (Å²) in [6, 6.07) is -0.211. The van der Waals surface area contributed by atoms with Gasteiger partial charge in [-0.2, -0.15) is 0 Å². The fraction of sp³-hybridized carbons (Fsp3) is 0.250. The molecule has 0 spiro atoms. The third-order valence-corrected chi connectivity index (χ3v) is 1.49. The Kier molecular flexibility index (Phi) is 2.55. The Morgan fingerprint density at radius 2 is 2.54 bits per heavy atom. The Balaban J connectivity index is 2.97. The van der Waals surface area contributed by atoms with E-state index in [1.54, 1.807) is 6.92 Å². The van der Waals surface area contributed by atoms with Crippen LogP contribution in [-0.2, 0) is 0 Å². The molecule has 4 N–H and O–H groups in total. The van der Waals surface area contributed by atoms with E-state index in [0.29, 0.717) is 5.82 Å². The standard InChI is InChI=1S/C8H10N4O/c1-3-5(2)12-7-6(9)8(13)11-4-10-7/h1,4-5H,9H2,2H3,(H2,10,11,12,13). The molecule has 0 aromatic carbocycles. The van der Waals surface area contributed by atoms with E-state index in [9.17, 15) is 4.79 Å². The molecular weight excluding hydrogens is 168 g/mol. The molecule has 0 aliphatic heterocycles. The highest BCUT2D eigenvalue weighted by Gasteiger charge is 2.05. The first kappa shape index (κ1) is 9.13. The van der Waals surface area contributed by atoms with Crippen molar-refractivity contribution in [1.29, 1.82) is 0 Å². The van der Waals surface area contributed by atoms with Crippen molar-refractivity contribution in [2.24, 2.45) is 0 Å². The van der Waals surface area contributed by atoms with Gasteiger partial charge in [-0.3, -0.25) is 4.79 Å². The summed E-state index contributed by atoms with van der Waals surface area (Å²) in [5.74, 6) is 2.76. The number of rotatable bonds is 2. The van der Waals surface area contributed by atoms with Gasteiger partial charge in [-0.05, 0) is 6.92 Å². The molecule has 1 aromatic heterocycles. The minimum absolute atomic E-state index is 0.0459. The summed E-state index contributed by atoms with van der Waals surface area (Å²) in [5, 5.41) is 2.81. The average molecular weight is 178 g/mol. The van der Waals surface area contributed by atoms with Crippen molar-refractivity contribution in [3.05, 3.63) is 16.7 Å². The molecule has 1 atom stereocenters. The summed E-state index contributed by atoms with van der Waals surface area (Å²) < 4.78 is 0. The lowest BCUT2D eigenvalue weighted by Gasteiger charge is -2.08. The number of aromatic nitrogens is 2. The first-order chi connectivity index (χ1) is 6.15. The third kappa shape index (κ3) is 1.99. The van der Waals surface area contributed by atoms with Crippen LogP contribution < -0.4 is 16.6 Å². The minimum atomic E-state index is -0.373. The smallest absolute Gasteiger partial charge is 0.276 e. The van der Waals surface area contributed by atoms with Gasteiger partial charge in [-0.25, -0.2) is 4.98 Å². The van der Waals surface area contributed by atoms with E-state index in [1.165, 1.54) is 6.33 Å². The zero-order valence-electron chi connectivity index (χ0n) is 7.16. The number of nitrogen functional groups attached to an aromatic ring is 1. The van der Waals surface area contributed by atoms with E-state index < -0.39 is 0 Å². The normalized spacial score (nSPS) is 11.7. The maximum Gasteiger partial charge on any atom is 0.276 e. The number of nitrogens with zero attached hydrogens (tertiary/aromatic N) is 1. The predicted molar refractivity (Wildman–Crippen MR) is 51.2 cm³/mol. The number of nitrogens with one attached hydrogen (secondary N) is 2. The maximum atomic E-state index is 11.0. The van der Waals surface area contributed by atoms with Crippen LogP contribution in [0.4, 0.5) is 11.5 Å². The van der Waals surface area contributed by atoms with E-state index in [1.807, 2.05) is 0 Å². The fourth-order valence-corrected chi connectivity index (χ4v) is 0.772. The molecular formula is C8H10N4O. The maximum absolute atomic E-state index is 11.0. The number of H-pyrrole nitrogens is 1. The molecule has 5 heteroatoms.